The van der Waals surface area contributed by atoms with Crippen LogP contribution in [0.4, 0.5) is 5.69 Å². The number of nitrogens with zero attached hydrogens (tertiary/aromatic N) is 2. The number of aryl methyl sites for hydroxylation is 1. The summed E-state index contributed by atoms with van der Waals surface area (Å²) in [7, 11) is -3.48. The second-order valence-corrected chi connectivity index (χ2v) is 11.6. The highest BCUT2D eigenvalue weighted by molar-refractivity contribution is 7.89. The lowest BCUT2D eigenvalue weighted by atomic mass is 9.70. The fourth-order valence-corrected chi connectivity index (χ4v) is 7.89. The molecule has 3 aliphatic rings. The van der Waals surface area contributed by atoms with E-state index < -0.39 is 15.4 Å². The first-order chi connectivity index (χ1) is 13.1. The Kier molecular flexibility index (Phi) is 4.83. The van der Waals surface area contributed by atoms with Gasteiger partial charge < -0.3 is 4.90 Å². The Morgan fingerprint density at radius 3 is 2.39 bits per heavy atom. The number of sulfonamides is 1. The first-order valence-electron chi connectivity index (χ1n) is 10.1. The Bertz CT molecular complexity index is 906. The zero-order chi connectivity index (χ0) is 20.3. The van der Waals surface area contributed by atoms with Crippen molar-refractivity contribution in [3.8, 4) is 0 Å². The van der Waals surface area contributed by atoms with E-state index in [1.807, 2.05) is 25.1 Å². The van der Waals surface area contributed by atoms with Crippen LogP contribution in [0, 0.1) is 23.7 Å². The van der Waals surface area contributed by atoms with E-state index in [9.17, 15) is 13.2 Å². The van der Waals surface area contributed by atoms with Crippen LogP contribution in [0.5, 0.6) is 0 Å². The van der Waals surface area contributed by atoms with Crippen LogP contribution in [0.15, 0.2) is 18.2 Å². The first-order valence-corrected chi connectivity index (χ1v) is 12.1. The maximum atomic E-state index is 13.2. The van der Waals surface area contributed by atoms with Gasteiger partial charge in [0.15, 0.2) is 0 Å². The van der Waals surface area contributed by atoms with E-state index in [2.05, 4.69) is 18.7 Å². The number of rotatable bonds is 4. The summed E-state index contributed by atoms with van der Waals surface area (Å²) in [6, 6.07) is 5.96. The predicted molar refractivity (Wildman–Crippen MR) is 112 cm³/mol. The zero-order valence-corrected chi connectivity index (χ0v) is 18.4. The van der Waals surface area contributed by atoms with Crippen molar-refractivity contribution >= 4 is 33.1 Å². The molecule has 0 N–H and O–H groups in total. The highest BCUT2D eigenvalue weighted by Gasteiger charge is 2.65. The number of Topliss-reactive ketones (excluding diaryl/α,β-unsaturated/α-hetero) is 1. The minimum Gasteiger partial charge on any atom is -0.369 e. The second kappa shape index (κ2) is 6.71. The van der Waals surface area contributed by atoms with Crippen molar-refractivity contribution in [2.75, 3.05) is 36.8 Å². The monoisotopic (exact) mass is 424 g/mol. The summed E-state index contributed by atoms with van der Waals surface area (Å²) in [5, 5.41) is 0.726. The van der Waals surface area contributed by atoms with Crippen LogP contribution in [-0.2, 0) is 14.8 Å². The average molecular weight is 425 g/mol. The number of ketones is 1. The highest BCUT2D eigenvalue weighted by atomic mass is 35.5. The molecule has 154 valence electrons. The summed E-state index contributed by atoms with van der Waals surface area (Å²) in [4.78, 5) is 14.9. The Labute approximate surface area is 173 Å². The number of hydrogen-bond acceptors (Lipinski definition) is 4. The first kappa shape index (κ1) is 20.2. The van der Waals surface area contributed by atoms with E-state index in [0.29, 0.717) is 44.9 Å². The lowest BCUT2D eigenvalue weighted by molar-refractivity contribution is -0.128. The largest absolute Gasteiger partial charge is 0.369 e. The Morgan fingerprint density at radius 2 is 1.86 bits per heavy atom. The van der Waals surface area contributed by atoms with Gasteiger partial charge in [0, 0.05) is 48.7 Å². The Morgan fingerprint density at radius 1 is 1.18 bits per heavy atom. The molecule has 5 nitrogen and oxygen atoms in total. The molecule has 1 aliphatic heterocycles. The second-order valence-electron chi connectivity index (χ2n) is 9.24. The molecule has 0 unspecified atom stereocenters. The van der Waals surface area contributed by atoms with E-state index in [4.69, 9.17) is 11.6 Å². The van der Waals surface area contributed by atoms with Crippen LogP contribution < -0.4 is 4.90 Å². The van der Waals surface area contributed by atoms with Gasteiger partial charge in [0.1, 0.15) is 5.78 Å². The van der Waals surface area contributed by atoms with Crippen molar-refractivity contribution < 1.29 is 13.2 Å². The van der Waals surface area contributed by atoms with Gasteiger partial charge in [-0.2, -0.15) is 4.31 Å². The van der Waals surface area contributed by atoms with E-state index in [1.54, 1.807) is 4.31 Å². The molecule has 1 heterocycles. The average Bonchev–Trinajstić information content (AvgIpc) is 2.98. The zero-order valence-electron chi connectivity index (χ0n) is 16.9. The predicted octanol–water partition coefficient (Wildman–Crippen LogP) is 3.50. The molecule has 1 aromatic carbocycles. The Hall–Kier alpha value is -1.11. The van der Waals surface area contributed by atoms with Gasteiger partial charge in [0.25, 0.3) is 0 Å². The van der Waals surface area contributed by atoms with Crippen molar-refractivity contribution in [2.45, 2.75) is 40.0 Å². The minimum absolute atomic E-state index is 0.0291. The normalized spacial score (nSPS) is 30.2. The van der Waals surface area contributed by atoms with E-state index in [-0.39, 0.29) is 17.0 Å². The van der Waals surface area contributed by atoms with Gasteiger partial charge in [-0.1, -0.05) is 31.5 Å². The molecule has 0 radical (unpaired) electrons. The molecular formula is C21H29ClN2O3S. The van der Waals surface area contributed by atoms with Crippen molar-refractivity contribution in [1.82, 2.24) is 4.31 Å². The maximum absolute atomic E-state index is 13.2. The molecule has 3 fully saturated rings. The minimum atomic E-state index is -3.48. The van der Waals surface area contributed by atoms with Crippen molar-refractivity contribution in [2.24, 2.45) is 16.7 Å². The fourth-order valence-electron chi connectivity index (χ4n) is 5.51. The van der Waals surface area contributed by atoms with Gasteiger partial charge in [-0.3, -0.25) is 4.79 Å². The lowest BCUT2D eigenvalue weighted by Crippen LogP contribution is -2.52. The van der Waals surface area contributed by atoms with Crippen LogP contribution in [-0.4, -0.2) is 50.4 Å². The molecule has 2 saturated carbocycles. The lowest BCUT2D eigenvalue weighted by Gasteiger charge is -2.40. The third-order valence-corrected chi connectivity index (χ3v) is 10.1. The van der Waals surface area contributed by atoms with Gasteiger partial charge in [-0.05, 0) is 48.8 Å². The van der Waals surface area contributed by atoms with Crippen LogP contribution in [0.2, 0.25) is 5.02 Å². The number of benzene rings is 1. The molecule has 0 amide bonds. The molecule has 4 rings (SSSR count). The summed E-state index contributed by atoms with van der Waals surface area (Å²) in [5.74, 6) is 0.460. The summed E-state index contributed by atoms with van der Waals surface area (Å²) in [6.45, 7) is 8.30. The number of piperazine rings is 1. The highest BCUT2D eigenvalue weighted by Crippen LogP contribution is 2.64. The molecule has 7 heteroatoms. The van der Waals surface area contributed by atoms with E-state index in [1.165, 1.54) is 0 Å². The van der Waals surface area contributed by atoms with Crippen molar-refractivity contribution in [3.63, 3.8) is 0 Å². The number of carbonyl (C=O) groups excluding carboxylic acids is 1. The molecule has 1 saturated heterocycles. The number of carbonyl (C=O) groups is 1. The fraction of sp³-hybridized carbons (Fsp3) is 0.667. The number of hydrogen-bond donors (Lipinski definition) is 0. The molecule has 2 aliphatic carbocycles. The smallest absolute Gasteiger partial charge is 0.215 e. The number of anilines is 1. The van der Waals surface area contributed by atoms with Crippen LogP contribution in [0.1, 0.15) is 38.7 Å². The third-order valence-electron chi connectivity index (χ3n) is 7.72. The third kappa shape index (κ3) is 2.99. The molecular weight excluding hydrogens is 396 g/mol. The van der Waals surface area contributed by atoms with Crippen molar-refractivity contribution in [1.29, 1.82) is 0 Å². The number of fused-ring (bicyclic) bond motifs is 2. The summed E-state index contributed by atoms with van der Waals surface area (Å²) >= 11 is 6.24. The van der Waals surface area contributed by atoms with Crippen LogP contribution in [0.3, 0.4) is 0 Å². The molecule has 2 bridgehead atoms. The van der Waals surface area contributed by atoms with E-state index in [0.717, 1.165) is 22.7 Å². The number of halogens is 1. The summed E-state index contributed by atoms with van der Waals surface area (Å²) in [5.41, 5.74) is 1.14. The molecule has 0 aromatic heterocycles. The maximum Gasteiger partial charge on any atom is 0.215 e. The van der Waals surface area contributed by atoms with Gasteiger partial charge >= 0.3 is 0 Å². The van der Waals surface area contributed by atoms with Gasteiger partial charge in [0.2, 0.25) is 10.0 Å². The van der Waals surface area contributed by atoms with Gasteiger partial charge in [0.05, 0.1) is 5.75 Å². The molecule has 28 heavy (non-hydrogen) atoms. The quantitative estimate of drug-likeness (QED) is 0.742. The molecule has 1 aromatic rings. The Balaban J connectivity index is 1.47. The standard InChI is InChI=1S/C21H29ClN2O3S/c1-15-4-5-17(13-18(15)22)23-8-10-24(11-9-23)28(26,27)14-21-7-6-16(12-19(21)25)20(21,2)3/h4-5,13,16H,6-12,14H2,1-3H3/t16-,21+/m1/s1. The summed E-state index contributed by atoms with van der Waals surface area (Å²) < 4.78 is 28.1. The van der Waals surface area contributed by atoms with Crippen LogP contribution in [0.25, 0.3) is 0 Å². The SMILES string of the molecule is Cc1ccc(N2CCN(S(=O)(=O)C[C@@]34CC[C@H](CC3=O)C4(C)C)CC2)cc1Cl. The van der Waals surface area contributed by atoms with Gasteiger partial charge in [-0.15, -0.1) is 0 Å². The van der Waals surface area contributed by atoms with Crippen molar-refractivity contribution in [3.05, 3.63) is 28.8 Å². The van der Waals surface area contributed by atoms with Crippen LogP contribution >= 0.6 is 11.6 Å². The van der Waals surface area contributed by atoms with Gasteiger partial charge in [-0.25, -0.2) is 8.42 Å². The molecule has 2 atom stereocenters. The summed E-state index contributed by atoms with van der Waals surface area (Å²) in [6.07, 6.45) is 2.23. The molecule has 0 spiro atoms. The van der Waals surface area contributed by atoms with E-state index >= 15 is 0 Å². The topological polar surface area (TPSA) is 57.7 Å².